The van der Waals surface area contributed by atoms with Gasteiger partial charge in [0.2, 0.25) is 0 Å². The van der Waals surface area contributed by atoms with Crippen LogP contribution >= 0.6 is 11.8 Å². The molecule has 2 heterocycles. The van der Waals surface area contributed by atoms with Gasteiger partial charge in [-0.3, -0.25) is 4.99 Å². The van der Waals surface area contributed by atoms with Crippen LogP contribution in [-0.4, -0.2) is 53.9 Å². The van der Waals surface area contributed by atoms with E-state index in [2.05, 4.69) is 58.8 Å². The predicted molar refractivity (Wildman–Crippen MR) is 108 cm³/mol. The van der Waals surface area contributed by atoms with Crippen LogP contribution < -0.4 is 10.6 Å². The monoisotopic (exact) mass is 374 g/mol. The van der Waals surface area contributed by atoms with Crippen LogP contribution in [0.1, 0.15) is 25.8 Å². The molecule has 1 aromatic rings. The first kappa shape index (κ1) is 18.7. The summed E-state index contributed by atoms with van der Waals surface area (Å²) >= 11 is 1.81. The fraction of sp³-hybridized carbons (Fsp3) is 0.556. The molecule has 2 N–H and O–H groups in total. The van der Waals surface area contributed by atoms with Gasteiger partial charge >= 0.3 is 0 Å². The molecular weight excluding hydrogens is 348 g/mol. The maximum atomic E-state index is 10.2. The number of hydrogen-bond acceptors (Lipinski definition) is 8. The molecule has 0 spiro atoms. The number of rotatable bonds is 8. The molecule has 1 aromatic carbocycles. The normalized spacial score (nSPS) is 24.2. The molecule has 0 bridgehead atoms. The van der Waals surface area contributed by atoms with Crippen LogP contribution in [0.5, 0.6) is 0 Å². The highest BCUT2D eigenvalue weighted by atomic mass is 32.2. The van der Waals surface area contributed by atoms with E-state index in [-0.39, 0.29) is 17.6 Å². The SMILES string of the molecule is CC(C)N1C=NC2C(SCc3ccccc3)N=C(NCCCN=O)NC21. The summed E-state index contributed by atoms with van der Waals surface area (Å²) in [5, 5.41) is 9.72. The summed E-state index contributed by atoms with van der Waals surface area (Å²) in [7, 11) is 0. The van der Waals surface area contributed by atoms with Crippen molar-refractivity contribution in [1.82, 2.24) is 15.5 Å². The lowest BCUT2D eigenvalue weighted by Gasteiger charge is -2.37. The molecule has 2 aliphatic rings. The van der Waals surface area contributed by atoms with Gasteiger partial charge in [-0.2, -0.15) is 4.91 Å². The second kappa shape index (κ2) is 9.02. The number of hydrogen-bond donors (Lipinski definition) is 2. The van der Waals surface area contributed by atoms with Crippen LogP contribution in [0.2, 0.25) is 0 Å². The molecule has 0 saturated heterocycles. The molecule has 0 aromatic heterocycles. The minimum atomic E-state index is 0.0492. The third-order valence-corrected chi connectivity index (χ3v) is 5.65. The van der Waals surface area contributed by atoms with Crippen LogP contribution in [0, 0.1) is 4.91 Å². The maximum Gasteiger partial charge on any atom is 0.194 e. The van der Waals surface area contributed by atoms with E-state index in [1.807, 2.05) is 24.2 Å². The van der Waals surface area contributed by atoms with Gasteiger partial charge in [0.1, 0.15) is 17.6 Å². The lowest BCUT2D eigenvalue weighted by molar-refractivity contribution is 0.236. The molecular formula is C18H26N6OS. The molecule has 0 aliphatic carbocycles. The Kier molecular flexibility index (Phi) is 6.49. The highest BCUT2D eigenvalue weighted by molar-refractivity contribution is 7.99. The average molecular weight is 375 g/mol. The summed E-state index contributed by atoms with van der Waals surface area (Å²) in [6.07, 6.45) is 2.75. The van der Waals surface area contributed by atoms with E-state index in [0.717, 1.165) is 11.7 Å². The molecule has 140 valence electrons. The average Bonchev–Trinajstić information content (AvgIpc) is 3.08. The Morgan fingerprint density at radius 3 is 2.88 bits per heavy atom. The smallest absolute Gasteiger partial charge is 0.194 e. The topological polar surface area (TPSA) is 81.5 Å². The predicted octanol–water partition coefficient (Wildman–Crippen LogP) is 2.40. The van der Waals surface area contributed by atoms with Gasteiger partial charge in [-0.1, -0.05) is 35.5 Å². The minimum Gasteiger partial charge on any atom is -0.356 e. The second-order valence-electron chi connectivity index (χ2n) is 6.68. The summed E-state index contributed by atoms with van der Waals surface area (Å²) in [5.74, 6) is 1.68. The van der Waals surface area contributed by atoms with Crippen LogP contribution in [0.25, 0.3) is 0 Å². The highest BCUT2D eigenvalue weighted by Gasteiger charge is 2.41. The molecule has 3 atom stereocenters. The molecule has 8 heteroatoms. The largest absolute Gasteiger partial charge is 0.356 e. The lowest BCUT2D eigenvalue weighted by Crippen LogP contribution is -2.60. The number of thioether (sulfide) groups is 1. The van der Waals surface area contributed by atoms with Crippen molar-refractivity contribution < 1.29 is 0 Å². The number of nitrogens with one attached hydrogen (secondary N) is 2. The Morgan fingerprint density at radius 1 is 1.35 bits per heavy atom. The van der Waals surface area contributed by atoms with Crippen molar-refractivity contribution in [2.24, 2.45) is 15.2 Å². The van der Waals surface area contributed by atoms with Crippen molar-refractivity contribution in [2.45, 2.75) is 49.6 Å². The van der Waals surface area contributed by atoms with E-state index in [9.17, 15) is 4.91 Å². The zero-order valence-corrected chi connectivity index (χ0v) is 16.0. The molecule has 7 nitrogen and oxygen atoms in total. The standard InChI is InChI=1S/C18H26N6OS/c1-13(2)24-12-20-15-16(24)22-18(19-9-6-10-21-25)23-17(15)26-11-14-7-4-3-5-8-14/h3-5,7-8,12-13,15-17H,6,9-11H2,1-2H3,(H2,19,22,23). The Hall–Kier alpha value is -2.09. The molecule has 3 unspecified atom stereocenters. The highest BCUT2D eigenvalue weighted by Crippen LogP contribution is 2.30. The zero-order chi connectivity index (χ0) is 18.4. The van der Waals surface area contributed by atoms with Crippen molar-refractivity contribution in [1.29, 1.82) is 0 Å². The van der Waals surface area contributed by atoms with Crippen molar-refractivity contribution in [3.63, 3.8) is 0 Å². The number of guanidine groups is 1. The van der Waals surface area contributed by atoms with E-state index in [0.29, 0.717) is 25.6 Å². The summed E-state index contributed by atoms with van der Waals surface area (Å²) in [5.41, 5.74) is 1.29. The molecule has 0 saturated carbocycles. The molecule has 26 heavy (non-hydrogen) atoms. The van der Waals surface area contributed by atoms with Gasteiger partial charge in [0.05, 0.1) is 12.9 Å². The Balaban J connectivity index is 1.68. The fourth-order valence-electron chi connectivity index (χ4n) is 3.05. The Morgan fingerprint density at radius 2 is 2.15 bits per heavy atom. The van der Waals surface area contributed by atoms with Gasteiger partial charge in [0, 0.05) is 18.3 Å². The summed E-state index contributed by atoms with van der Waals surface area (Å²) in [4.78, 5) is 22.0. The molecule has 0 fully saturated rings. The zero-order valence-electron chi connectivity index (χ0n) is 15.2. The Labute approximate surface area is 158 Å². The quantitative estimate of drug-likeness (QED) is 0.539. The fourth-order valence-corrected chi connectivity index (χ4v) is 4.20. The van der Waals surface area contributed by atoms with Crippen molar-refractivity contribution in [3.8, 4) is 0 Å². The number of nitrogens with zero attached hydrogens (tertiary/aromatic N) is 4. The van der Waals surface area contributed by atoms with E-state index >= 15 is 0 Å². The lowest BCUT2D eigenvalue weighted by atomic mass is 10.2. The second-order valence-corrected chi connectivity index (χ2v) is 7.79. The van der Waals surface area contributed by atoms with Crippen LogP contribution in [0.15, 0.2) is 45.5 Å². The number of benzene rings is 1. The maximum absolute atomic E-state index is 10.2. The van der Waals surface area contributed by atoms with Gasteiger partial charge in [0.15, 0.2) is 5.96 Å². The third kappa shape index (κ3) is 4.55. The van der Waals surface area contributed by atoms with Gasteiger partial charge in [-0.25, -0.2) is 4.99 Å². The third-order valence-electron chi connectivity index (χ3n) is 4.43. The van der Waals surface area contributed by atoms with Crippen molar-refractivity contribution in [2.75, 3.05) is 13.1 Å². The van der Waals surface area contributed by atoms with Gasteiger partial charge < -0.3 is 15.5 Å². The van der Waals surface area contributed by atoms with Crippen LogP contribution in [0.3, 0.4) is 0 Å². The van der Waals surface area contributed by atoms with Gasteiger partial charge in [0.25, 0.3) is 0 Å². The molecule has 0 amide bonds. The molecule has 0 radical (unpaired) electrons. The van der Waals surface area contributed by atoms with Crippen LogP contribution in [-0.2, 0) is 5.75 Å². The summed E-state index contributed by atoms with van der Waals surface area (Å²) in [6.45, 7) is 5.32. The van der Waals surface area contributed by atoms with Crippen LogP contribution in [0.4, 0.5) is 0 Å². The van der Waals surface area contributed by atoms with E-state index in [4.69, 9.17) is 9.98 Å². The van der Waals surface area contributed by atoms with E-state index in [1.54, 1.807) is 0 Å². The first-order chi connectivity index (χ1) is 12.7. The number of aliphatic imine (C=N–C) groups is 2. The van der Waals surface area contributed by atoms with Gasteiger partial charge in [-0.05, 0) is 25.8 Å². The molecule has 3 rings (SSSR count). The van der Waals surface area contributed by atoms with Crippen molar-refractivity contribution in [3.05, 3.63) is 40.8 Å². The molecule has 2 aliphatic heterocycles. The minimum absolute atomic E-state index is 0.0492. The summed E-state index contributed by atoms with van der Waals surface area (Å²) < 4.78 is 0. The number of fused-ring (bicyclic) bond motifs is 1. The first-order valence-corrected chi connectivity index (χ1v) is 10.1. The number of nitroso groups, excluding NO2 is 1. The Bertz CT molecular complexity index is 650. The van der Waals surface area contributed by atoms with E-state index in [1.165, 1.54) is 5.56 Å². The van der Waals surface area contributed by atoms with E-state index < -0.39 is 0 Å². The summed E-state index contributed by atoms with van der Waals surface area (Å²) in [6, 6.07) is 10.9. The first-order valence-electron chi connectivity index (χ1n) is 9.02. The van der Waals surface area contributed by atoms with Gasteiger partial charge in [-0.15, -0.1) is 11.8 Å². The van der Waals surface area contributed by atoms with Crippen molar-refractivity contribution >= 4 is 24.1 Å².